The Morgan fingerprint density at radius 1 is 1.24 bits per heavy atom. The zero-order valence-corrected chi connectivity index (χ0v) is 13.6. The van der Waals surface area contributed by atoms with E-state index in [0.29, 0.717) is 28.5 Å². The van der Waals surface area contributed by atoms with Gasteiger partial charge in [-0.05, 0) is 16.9 Å². The number of nitrogens with one attached hydrogen (secondary N) is 1. The molecule has 1 aromatic carbocycles. The molecule has 0 aliphatic carbocycles. The van der Waals surface area contributed by atoms with Crippen LogP contribution in [-0.4, -0.2) is 29.7 Å². The highest BCUT2D eigenvalue weighted by molar-refractivity contribution is 7.21. The SMILES string of the molecule is O=[N+]([O-])c1cc2c(NCc3ccccc3)nc(-n3cncn3)nc2s1. The second-order valence-corrected chi connectivity index (χ2v) is 6.12. The number of nitrogens with zero attached hydrogens (tertiary/aromatic N) is 6. The van der Waals surface area contributed by atoms with Gasteiger partial charge in [0, 0.05) is 12.6 Å². The summed E-state index contributed by atoms with van der Waals surface area (Å²) in [6.07, 6.45) is 2.85. The molecule has 0 aliphatic rings. The van der Waals surface area contributed by atoms with Crippen molar-refractivity contribution in [2.24, 2.45) is 0 Å². The quantitative estimate of drug-likeness (QED) is 0.434. The van der Waals surface area contributed by atoms with Crippen LogP contribution in [0.4, 0.5) is 10.8 Å². The summed E-state index contributed by atoms with van der Waals surface area (Å²) in [5, 5.41) is 19.0. The van der Waals surface area contributed by atoms with Gasteiger partial charge in [0.2, 0.25) is 0 Å². The normalized spacial score (nSPS) is 10.9. The monoisotopic (exact) mass is 353 g/mol. The molecule has 3 aromatic heterocycles. The number of thiophene rings is 1. The molecule has 0 spiro atoms. The van der Waals surface area contributed by atoms with E-state index in [0.717, 1.165) is 16.9 Å². The van der Waals surface area contributed by atoms with Crippen molar-refractivity contribution >= 4 is 32.4 Å². The van der Waals surface area contributed by atoms with E-state index in [9.17, 15) is 10.1 Å². The van der Waals surface area contributed by atoms with E-state index in [1.807, 2.05) is 30.3 Å². The standard InChI is InChI=1S/C15H11N7O2S/c23-22(24)12-6-11-13(17-7-10-4-2-1-3-5-10)19-15(20-14(11)25-12)21-9-16-8-18-21/h1-6,8-9H,7H2,(H,17,19,20). The predicted octanol–water partition coefficient (Wildman–Crippen LogP) is 2.79. The van der Waals surface area contributed by atoms with Crippen LogP contribution in [0.1, 0.15) is 5.56 Å². The van der Waals surface area contributed by atoms with Crippen LogP contribution < -0.4 is 5.32 Å². The third-order valence-corrected chi connectivity index (χ3v) is 4.45. The van der Waals surface area contributed by atoms with E-state index < -0.39 is 4.92 Å². The third-order valence-electron chi connectivity index (χ3n) is 3.47. The van der Waals surface area contributed by atoms with Crippen LogP contribution >= 0.6 is 11.3 Å². The highest BCUT2D eigenvalue weighted by atomic mass is 32.1. The first-order valence-electron chi connectivity index (χ1n) is 7.29. The average molecular weight is 353 g/mol. The van der Waals surface area contributed by atoms with Crippen LogP contribution in [0.15, 0.2) is 49.1 Å². The summed E-state index contributed by atoms with van der Waals surface area (Å²) < 4.78 is 1.42. The summed E-state index contributed by atoms with van der Waals surface area (Å²) in [7, 11) is 0. The third kappa shape index (κ3) is 3.02. The lowest BCUT2D eigenvalue weighted by Crippen LogP contribution is -2.07. The molecule has 0 saturated carbocycles. The van der Waals surface area contributed by atoms with Gasteiger partial charge in [-0.15, -0.1) is 0 Å². The van der Waals surface area contributed by atoms with Crippen molar-refractivity contribution in [2.75, 3.05) is 5.32 Å². The predicted molar refractivity (Wildman–Crippen MR) is 92.8 cm³/mol. The van der Waals surface area contributed by atoms with Crippen LogP contribution in [0.25, 0.3) is 16.2 Å². The molecule has 4 rings (SSSR count). The fourth-order valence-corrected chi connectivity index (χ4v) is 3.16. The van der Waals surface area contributed by atoms with Gasteiger partial charge in [0.15, 0.2) is 0 Å². The largest absolute Gasteiger partial charge is 0.365 e. The van der Waals surface area contributed by atoms with Crippen LogP contribution in [0.2, 0.25) is 0 Å². The molecule has 3 heterocycles. The highest BCUT2D eigenvalue weighted by Crippen LogP contribution is 2.34. The summed E-state index contributed by atoms with van der Waals surface area (Å²) in [5.74, 6) is 0.820. The minimum Gasteiger partial charge on any atom is -0.365 e. The van der Waals surface area contributed by atoms with E-state index in [2.05, 4.69) is 25.4 Å². The van der Waals surface area contributed by atoms with Gasteiger partial charge in [-0.25, -0.2) is 4.98 Å². The molecule has 0 bridgehead atoms. The zero-order valence-electron chi connectivity index (χ0n) is 12.7. The Bertz CT molecular complexity index is 1030. The van der Waals surface area contributed by atoms with Crippen LogP contribution in [0, 0.1) is 10.1 Å². The molecule has 0 atom stereocenters. The zero-order chi connectivity index (χ0) is 17.2. The smallest absolute Gasteiger partial charge is 0.326 e. The molecule has 124 valence electrons. The number of nitro groups is 1. The number of aromatic nitrogens is 5. The second-order valence-electron chi connectivity index (χ2n) is 5.11. The topological polar surface area (TPSA) is 112 Å². The summed E-state index contributed by atoms with van der Waals surface area (Å²) >= 11 is 1.00. The molecule has 1 N–H and O–H groups in total. The molecular weight excluding hydrogens is 342 g/mol. The Hall–Kier alpha value is -3.40. The van der Waals surface area contributed by atoms with Gasteiger partial charge < -0.3 is 5.32 Å². The molecule has 10 heteroatoms. The van der Waals surface area contributed by atoms with E-state index in [-0.39, 0.29) is 5.00 Å². The molecule has 0 radical (unpaired) electrons. The molecule has 0 unspecified atom stereocenters. The molecule has 0 aliphatic heterocycles. The number of rotatable bonds is 5. The first-order valence-corrected chi connectivity index (χ1v) is 8.11. The van der Waals surface area contributed by atoms with Crippen LogP contribution in [0.5, 0.6) is 0 Å². The van der Waals surface area contributed by atoms with E-state index >= 15 is 0 Å². The maximum atomic E-state index is 11.1. The first-order chi connectivity index (χ1) is 12.2. The number of benzene rings is 1. The van der Waals surface area contributed by atoms with E-state index in [1.54, 1.807) is 0 Å². The molecule has 0 saturated heterocycles. The number of hydrogen-bond acceptors (Lipinski definition) is 8. The Kier molecular flexibility index (Phi) is 3.78. The Balaban J connectivity index is 1.77. The molecule has 0 amide bonds. The Morgan fingerprint density at radius 2 is 2.08 bits per heavy atom. The van der Waals surface area contributed by atoms with E-state index in [1.165, 1.54) is 23.4 Å². The maximum Gasteiger partial charge on any atom is 0.326 e. The van der Waals surface area contributed by atoms with Gasteiger partial charge in [0.05, 0.1) is 10.3 Å². The summed E-state index contributed by atoms with van der Waals surface area (Å²) in [6, 6.07) is 11.3. The van der Waals surface area contributed by atoms with Crippen molar-refractivity contribution in [3.63, 3.8) is 0 Å². The minimum atomic E-state index is -0.428. The fraction of sp³-hybridized carbons (Fsp3) is 0.0667. The van der Waals surface area contributed by atoms with Gasteiger partial charge in [0.25, 0.3) is 5.95 Å². The van der Waals surface area contributed by atoms with Gasteiger partial charge in [-0.2, -0.15) is 19.7 Å². The first kappa shape index (κ1) is 15.1. The number of fused-ring (bicyclic) bond motifs is 1. The summed E-state index contributed by atoms with van der Waals surface area (Å²) in [5.41, 5.74) is 1.07. The molecule has 4 aromatic rings. The van der Waals surface area contributed by atoms with Crippen molar-refractivity contribution in [3.8, 4) is 5.95 Å². The number of hydrogen-bond donors (Lipinski definition) is 1. The Labute approximate surface area is 145 Å². The van der Waals surface area contributed by atoms with Crippen LogP contribution in [-0.2, 0) is 6.54 Å². The molecule has 25 heavy (non-hydrogen) atoms. The fourth-order valence-electron chi connectivity index (χ4n) is 2.32. The summed E-state index contributed by atoms with van der Waals surface area (Å²) in [6.45, 7) is 0.535. The van der Waals surface area contributed by atoms with Gasteiger partial charge >= 0.3 is 5.00 Å². The highest BCUT2D eigenvalue weighted by Gasteiger charge is 2.18. The lowest BCUT2D eigenvalue weighted by atomic mass is 10.2. The van der Waals surface area contributed by atoms with Crippen molar-refractivity contribution in [2.45, 2.75) is 6.54 Å². The molecular formula is C15H11N7O2S. The van der Waals surface area contributed by atoms with Crippen molar-refractivity contribution in [1.82, 2.24) is 24.7 Å². The lowest BCUT2D eigenvalue weighted by molar-refractivity contribution is -0.380. The summed E-state index contributed by atoms with van der Waals surface area (Å²) in [4.78, 5) is 23.9. The molecule has 9 nitrogen and oxygen atoms in total. The van der Waals surface area contributed by atoms with Gasteiger partial charge in [-0.3, -0.25) is 10.1 Å². The maximum absolute atomic E-state index is 11.1. The second kappa shape index (κ2) is 6.24. The minimum absolute atomic E-state index is 0.0165. The van der Waals surface area contributed by atoms with Crippen molar-refractivity contribution in [1.29, 1.82) is 0 Å². The Morgan fingerprint density at radius 3 is 2.80 bits per heavy atom. The van der Waals surface area contributed by atoms with E-state index in [4.69, 9.17) is 0 Å². The average Bonchev–Trinajstić information content (AvgIpc) is 3.29. The lowest BCUT2D eigenvalue weighted by Gasteiger charge is -2.08. The number of anilines is 1. The van der Waals surface area contributed by atoms with Gasteiger partial charge in [0.1, 0.15) is 23.3 Å². The van der Waals surface area contributed by atoms with Crippen molar-refractivity contribution in [3.05, 3.63) is 64.7 Å². The van der Waals surface area contributed by atoms with Gasteiger partial charge in [-0.1, -0.05) is 30.3 Å². The molecule has 0 fully saturated rings. The van der Waals surface area contributed by atoms with Crippen LogP contribution in [0.3, 0.4) is 0 Å². The van der Waals surface area contributed by atoms with Crippen molar-refractivity contribution < 1.29 is 4.92 Å².